The van der Waals surface area contributed by atoms with Crippen molar-refractivity contribution in [1.29, 1.82) is 0 Å². The molecular formula is C55H93NO39. The number of carbonyl (C=O) groups is 3. The number of nitrogens with one attached hydrogen (secondary N) is 1. The van der Waals surface area contributed by atoms with E-state index in [0.29, 0.717) is 0 Å². The summed E-state index contributed by atoms with van der Waals surface area (Å²) in [7, 11) is 0. The third-order valence-corrected chi connectivity index (χ3v) is 18.3. The number of carbonyl (C=O) groups excluding carboxylic acids is 1. The quantitative estimate of drug-likeness (QED) is 0.0346. The number of carboxylic acid groups (broad SMARTS) is 2. The average molecular weight is 1390 g/mol. The molecule has 7 aliphatic rings. The standard InChI is InChI=1S/C55H93NO39/c1-6-82-49-37(75)36(74)42(26(13-61)86-49)89-50-38(76)45(34(72)25(12-60)85-50)92-48-29(56-19(5)63)44(35(73)28(88-48)15-83-54(52(78)79)7-20(64)16(2)40(93-54)31(69)22(66)9-57)91-51-39(77)46(43(27(14-62)87-51)90-47-18(4)30(68)33(71)24(11-59)84-47)95-55(53(80)81)8-21(65)17(3)41(94-55)32(70)23(67)10-58/h16-18,20-51,57-62,64-77H,6-15H2,1-5H3,(H,56,63)(H,78,79)(H,80,81)/t16-,17+,18?,20-,21?,22-,23-,24?,25?,26?,27?,28?,29+,30-,31-,32-,33+,34+,35-,36-,37+,38+,39?,40?,41?,42-,43+,44-,45+,46-,47+,48?,49?,50?,51+,54-,55-/m1/s1. The average Bonchev–Trinajstić information content (AvgIpc) is 0.759. The Balaban J connectivity index is 1.33. The smallest absolute Gasteiger partial charge is 0.364 e. The highest BCUT2D eigenvalue weighted by atomic mass is 16.8. The van der Waals surface area contributed by atoms with Gasteiger partial charge in [-0.15, -0.1) is 0 Å². The molecule has 0 aliphatic carbocycles. The largest absolute Gasteiger partial charge is 0.477 e. The Kier molecular flexibility index (Phi) is 28.1. The van der Waals surface area contributed by atoms with Crippen molar-refractivity contribution in [3.05, 3.63) is 0 Å². The van der Waals surface area contributed by atoms with Crippen LogP contribution in [0.1, 0.15) is 47.5 Å². The van der Waals surface area contributed by atoms with Gasteiger partial charge in [0, 0.05) is 44.1 Å². The van der Waals surface area contributed by atoms with Crippen LogP contribution in [-0.4, -0.2) is 391 Å². The van der Waals surface area contributed by atoms with Crippen molar-refractivity contribution in [2.45, 2.75) is 255 Å². The van der Waals surface area contributed by atoms with Crippen molar-refractivity contribution in [1.82, 2.24) is 5.32 Å². The minimum atomic E-state index is -3.27. The van der Waals surface area contributed by atoms with E-state index in [9.17, 15) is 127 Å². The van der Waals surface area contributed by atoms with Gasteiger partial charge in [0.2, 0.25) is 5.91 Å². The van der Waals surface area contributed by atoms with Gasteiger partial charge >= 0.3 is 11.9 Å². The second kappa shape index (κ2) is 33.7. The molecule has 7 aliphatic heterocycles. The third kappa shape index (κ3) is 16.8. The number of hydrogen-bond donors (Lipinski definition) is 23. The van der Waals surface area contributed by atoms with Crippen molar-refractivity contribution in [2.24, 2.45) is 17.8 Å². The Morgan fingerprint density at radius 1 is 0.474 bits per heavy atom. The van der Waals surface area contributed by atoms with Crippen LogP contribution in [-0.2, 0) is 80.7 Å². The molecule has 40 heteroatoms. The summed E-state index contributed by atoms with van der Waals surface area (Å²) in [5.41, 5.74) is 0. The van der Waals surface area contributed by atoms with E-state index >= 15 is 0 Å². The molecular weight excluding hydrogens is 1300 g/mol. The zero-order valence-corrected chi connectivity index (χ0v) is 52.1. The molecule has 552 valence electrons. The fraction of sp³-hybridized carbons (Fsp3) is 0.945. The molecule has 95 heavy (non-hydrogen) atoms. The molecule has 0 aromatic rings. The van der Waals surface area contributed by atoms with Crippen LogP contribution in [0.2, 0.25) is 0 Å². The maximum Gasteiger partial charge on any atom is 0.364 e. The molecule has 7 fully saturated rings. The third-order valence-electron chi connectivity index (χ3n) is 18.3. The first-order valence-electron chi connectivity index (χ1n) is 30.8. The summed E-state index contributed by atoms with van der Waals surface area (Å²) in [5, 5.41) is 244. The summed E-state index contributed by atoms with van der Waals surface area (Å²) >= 11 is 0. The van der Waals surface area contributed by atoms with Crippen LogP contribution in [0.3, 0.4) is 0 Å². The van der Waals surface area contributed by atoms with Crippen molar-refractivity contribution in [3.8, 4) is 0 Å². The summed E-state index contributed by atoms with van der Waals surface area (Å²) in [5.74, 6) is -15.2. The van der Waals surface area contributed by atoms with Crippen LogP contribution in [0, 0.1) is 17.8 Å². The number of amides is 1. The van der Waals surface area contributed by atoms with Crippen molar-refractivity contribution >= 4 is 17.8 Å². The van der Waals surface area contributed by atoms with Gasteiger partial charge in [-0.25, -0.2) is 9.59 Å². The molecule has 1 amide bonds. The molecule has 37 atom stereocenters. The Morgan fingerprint density at radius 2 is 0.905 bits per heavy atom. The van der Waals surface area contributed by atoms with Gasteiger partial charge in [-0.2, -0.15) is 0 Å². The number of rotatable bonds is 28. The van der Waals surface area contributed by atoms with E-state index in [1.54, 1.807) is 0 Å². The summed E-state index contributed by atoms with van der Waals surface area (Å²) < 4.78 is 82.9. The molecule has 0 radical (unpaired) electrons. The highest BCUT2D eigenvalue weighted by Gasteiger charge is 2.63. The van der Waals surface area contributed by atoms with Crippen molar-refractivity contribution in [2.75, 3.05) is 52.9 Å². The number of aliphatic hydroxyl groups excluding tert-OH is 20. The second-order valence-corrected chi connectivity index (χ2v) is 24.7. The maximum absolute atomic E-state index is 13.7. The molecule has 0 spiro atoms. The van der Waals surface area contributed by atoms with E-state index in [1.165, 1.54) is 27.7 Å². The number of hydrogen-bond acceptors (Lipinski definition) is 37. The molecule has 7 saturated heterocycles. The van der Waals surface area contributed by atoms with Gasteiger partial charge in [-0.05, 0) is 6.92 Å². The molecule has 0 aromatic heterocycles. The lowest BCUT2D eigenvalue weighted by Gasteiger charge is -2.53. The lowest BCUT2D eigenvalue weighted by Crippen LogP contribution is -2.71. The molecule has 40 nitrogen and oxygen atoms in total. The van der Waals surface area contributed by atoms with E-state index in [1.807, 2.05) is 0 Å². The maximum atomic E-state index is 13.7. The summed E-state index contributed by atoms with van der Waals surface area (Å²) in [4.78, 5) is 40.4. The Labute approximate surface area is 541 Å². The molecule has 7 rings (SSSR count). The predicted octanol–water partition coefficient (Wildman–Crippen LogP) is -12.9. The summed E-state index contributed by atoms with van der Waals surface area (Å²) in [6.07, 6.45) is -65.1. The highest BCUT2D eigenvalue weighted by molar-refractivity contribution is 5.76. The minimum absolute atomic E-state index is 0.0426. The van der Waals surface area contributed by atoms with Gasteiger partial charge in [0.15, 0.2) is 31.5 Å². The number of aliphatic carboxylic acids is 2. The number of carboxylic acids is 2. The van der Waals surface area contributed by atoms with Gasteiger partial charge in [-0.1, -0.05) is 20.8 Å². The van der Waals surface area contributed by atoms with E-state index in [4.69, 9.17) is 66.3 Å². The number of aliphatic hydroxyl groups is 20. The zero-order chi connectivity index (χ0) is 70.6. The fourth-order valence-corrected chi connectivity index (χ4v) is 12.5. The van der Waals surface area contributed by atoms with Crippen molar-refractivity contribution < 1.29 is 193 Å². The highest BCUT2D eigenvalue weighted by Crippen LogP contribution is 2.44. The molecule has 0 bridgehead atoms. The Bertz CT molecular complexity index is 2430. The van der Waals surface area contributed by atoms with Crippen molar-refractivity contribution in [3.63, 3.8) is 0 Å². The molecule has 23 N–H and O–H groups in total. The fourth-order valence-electron chi connectivity index (χ4n) is 12.5. The van der Waals surface area contributed by atoms with Gasteiger partial charge < -0.3 is 184 Å². The van der Waals surface area contributed by atoms with Gasteiger partial charge in [0.1, 0.15) is 134 Å². The Morgan fingerprint density at radius 3 is 1.42 bits per heavy atom. The van der Waals surface area contributed by atoms with Gasteiger partial charge in [-0.3, -0.25) is 4.79 Å². The van der Waals surface area contributed by atoms with Gasteiger partial charge in [0.05, 0.1) is 76.8 Å². The number of ether oxygens (including phenoxy) is 14. The normalized spacial score (nSPS) is 47.3. The lowest BCUT2D eigenvalue weighted by atomic mass is 9.84. The molecule has 7 heterocycles. The van der Waals surface area contributed by atoms with Gasteiger partial charge in [0.25, 0.3) is 11.6 Å². The lowest BCUT2D eigenvalue weighted by molar-refractivity contribution is -0.404. The van der Waals surface area contributed by atoms with Crippen LogP contribution in [0.15, 0.2) is 0 Å². The van der Waals surface area contributed by atoms with Crippen LogP contribution in [0.25, 0.3) is 0 Å². The SMILES string of the molecule is CCOC1OC(CO)[C@@H](OC2OC(CO)[C@H](O)[C@H](OC3OC(CO[C@]4(C(=O)O)C[C@@H](O)[C@@H](C)C([C@H](O)[C@H](O)CO)O4)[C@@H](O)[C@H](O[C@@H]4OC(CO)[C@H](O[C@@H]5OC(CO)[C@H](O)[C@H](O)C5C)[C@H](O[C@@]5(C(=O)O)CC(O)[C@H](C)C([C@H](O)[C@H](O)CO)O5)C4O)[C@@H]3NC(C)=O)[C@@H]2O)[C@H](O)[C@@H]1O. The van der Waals surface area contributed by atoms with Crippen LogP contribution in [0.5, 0.6) is 0 Å². The van der Waals surface area contributed by atoms with Crippen LogP contribution in [0.4, 0.5) is 0 Å². The molecule has 0 saturated carbocycles. The Hall–Kier alpha value is -2.95. The summed E-state index contributed by atoms with van der Waals surface area (Å²) in [6, 6.07) is -2.13. The van der Waals surface area contributed by atoms with E-state index < -0.39 is 302 Å². The zero-order valence-electron chi connectivity index (χ0n) is 52.1. The van der Waals surface area contributed by atoms with Crippen LogP contribution < -0.4 is 5.32 Å². The monoisotopic (exact) mass is 1390 g/mol. The first kappa shape index (κ1) is 79.4. The first-order chi connectivity index (χ1) is 44.7. The second-order valence-electron chi connectivity index (χ2n) is 24.7. The summed E-state index contributed by atoms with van der Waals surface area (Å²) in [6.45, 7) is -1.52. The first-order valence-corrected chi connectivity index (χ1v) is 30.8. The topological polar surface area (TPSA) is 638 Å². The minimum Gasteiger partial charge on any atom is -0.477 e. The predicted molar refractivity (Wildman–Crippen MR) is 297 cm³/mol. The molecule has 0 aromatic carbocycles. The van der Waals surface area contributed by atoms with Crippen LogP contribution >= 0.6 is 0 Å². The molecule has 13 unspecified atom stereocenters. The van der Waals surface area contributed by atoms with E-state index in [2.05, 4.69) is 5.32 Å². The van der Waals surface area contributed by atoms with E-state index in [-0.39, 0.29) is 6.61 Å². The van der Waals surface area contributed by atoms with E-state index in [0.717, 1.165) is 6.92 Å².